The summed E-state index contributed by atoms with van der Waals surface area (Å²) in [6.07, 6.45) is 3.57. The molecular formula is C11H8BN. The smallest absolute Gasteiger partial charge is 0.113 e. The first kappa shape index (κ1) is 8.05. The average molecular weight is 165 g/mol. The van der Waals surface area contributed by atoms with E-state index in [0.717, 1.165) is 16.6 Å². The second-order valence-corrected chi connectivity index (χ2v) is 2.86. The Hall–Kier alpha value is -1.57. The molecule has 0 aliphatic heterocycles. The van der Waals surface area contributed by atoms with Crippen molar-refractivity contribution in [1.29, 1.82) is 0 Å². The number of nitrogens with zero attached hydrogens (tertiary/aromatic N) is 1. The molecule has 2 radical (unpaired) electrons. The minimum absolute atomic E-state index is 0.790. The normalized spacial score (nSPS) is 9.85. The van der Waals surface area contributed by atoms with Crippen molar-refractivity contribution in [2.45, 2.75) is 0 Å². The molecule has 0 N–H and O–H groups in total. The molecule has 13 heavy (non-hydrogen) atoms. The highest BCUT2D eigenvalue weighted by molar-refractivity contribution is 6.32. The lowest BCUT2D eigenvalue weighted by Crippen LogP contribution is -1.98. The third-order valence-electron chi connectivity index (χ3n) is 1.92. The molecule has 0 atom stereocenters. The molecule has 60 valence electrons. The Bertz CT molecular complexity index is 381. The first-order valence-corrected chi connectivity index (χ1v) is 4.12. The van der Waals surface area contributed by atoms with E-state index in [9.17, 15) is 0 Å². The van der Waals surface area contributed by atoms with E-state index in [0.29, 0.717) is 0 Å². The summed E-state index contributed by atoms with van der Waals surface area (Å²) in [6.45, 7) is 0. The van der Waals surface area contributed by atoms with Crippen molar-refractivity contribution >= 4 is 13.3 Å². The van der Waals surface area contributed by atoms with E-state index in [2.05, 4.69) is 4.98 Å². The van der Waals surface area contributed by atoms with Crippen LogP contribution >= 0.6 is 0 Å². The second-order valence-electron chi connectivity index (χ2n) is 2.86. The van der Waals surface area contributed by atoms with Crippen molar-refractivity contribution in [3.8, 4) is 11.1 Å². The summed E-state index contributed by atoms with van der Waals surface area (Å²) in [6, 6.07) is 11.8. The zero-order valence-electron chi connectivity index (χ0n) is 7.14. The summed E-state index contributed by atoms with van der Waals surface area (Å²) in [5.74, 6) is 0. The fraction of sp³-hybridized carbons (Fsp3) is 0. The number of pyridine rings is 1. The zero-order chi connectivity index (χ0) is 9.10. The molecule has 2 heteroatoms. The molecule has 0 unspecified atom stereocenters. The van der Waals surface area contributed by atoms with Crippen LogP contribution in [0.3, 0.4) is 0 Å². The highest BCUT2D eigenvalue weighted by Gasteiger charge is 1.94. The van der Waals surface area contributed by atoms with E-state index in [-0.39, 0.29) is 0 Å². The molecule has 1 aromatic heterocycles. The standard InChI is InChI=1S/C11H8BN/c12-11-3-1-9(2-4-11)10-5-7-13-8-6-10/h1-8H. The van der Waals surface area contributed by atoms with Crippen LogP contribution in [0.15, 0.2) is 48.8 Å². The topological polar surface area (TPSA) is 12.9 Å². The molecule has 0 saturated carbocycles. The second kappa shape index (κ2) is 3.44. The lowest BCUT2D eigenvalue weighted by molar-refractivity contribution is 1.33. The number of benzene rings is 1. The Morgan fingerprint density at radius 3 is 1.92 bits per heavy atom. The van der Waals surface area contributed by atoms with Crippen LogP contribution in [-0.4, -0.2) is 12.8 Å². The van der Waals surface area contributed by atoms with Gasteiger partial charge in [0.2, 0.25) is 0 Å². The van der Waals surface area contributed by atoms with Crippen molar-refractivity contribution in [1.82, 2.24) is 4.98 Å². The van der Waals surface area contributed by atoms with Gasteiger partial charge in [0.1, 0.15) is 7.85 Å². The summed E-state index contributed by atoms with van der Waals surface area (Å²) >= 11 is 0. The van der Waals surface area contributed by atoms with Crippen LogP contribution in [-0.2, 0) is 0 Å². The number of hydrogen-bond acceptors (Lipinski definition) is 1. The average Bonchev–Trinajstić information content (AvgIpc) is 2.20. The van der Waals surface area contributed by atoms with Gasteiger partial charge in [-0.25, -0.2) is 0 Å². The molecule has 0 amide bonds. The van der Waals surface area contributed by atoms with Gasteiger partial charge in [-0.3, -0.25) is 4.98 Å². The summed E-state index contributed by atoms with van der Waals surface area (Å²) in [5, 5.41) is 0. The summed E-state index contributed by atoms with van der Waals surface area (Å²) < 4.78 is 0. The first-order valence-electron chi connectivity index (χ1n) is 4.12. The van der Waals surface area contributed by atoms with Crippen LogP contribution in [0.5, 0.6) is 0 Å². The van der Waals surface area contributed by atoms with Gasteiger partial charge in [-0.05, 0) is 23.3 Å². The molecule has 0 spiro atoms. The fourth-order valence-corrected chi connectivity index (χ4v) is 1.22. The Labute approximate surface area is 78.9 Å². The molecule has 0 fully saturated rings. The van der Waals surface area contributed by atoms with Gasteiger partial charge in [-0.2, -0.15) is 0 Å². The fourth-order valence-electron chi connectivity index (χ4n) is 1.22. The number of hydrogen-bond donors (Lipinski definition) is 0. The largest absolute Gasteiger partial charge is 0.265 e. The Morgan fingerprint density at radius 1 is 0.769 bits per heavy atom. The predicted octanol–water partition coefficient (Wildman–Crippen LogP) is 1.54. The summed E-state index contributed by atoms with van der Waals surface area (Å²) in [4.78, 5) is 3.96. The minimum Gasteiger partial charge on any atom is -0.265 e. The third-order valence-corrected chi connectivity index (χ3v) is 1.92. The van der Waals surface area contributed by atoms with Crippen molar-refractivity contribution in [2.75, 3.05) is 0 Å². The Morgan fingerprint density at radius 2 is 1.31 bits per heavy atom. The van der Waals surface area contributed by atoms with Gasteiger partial charge in [-0.1, -0.05) is 29.7 Å². The monoisotopic (exact) mass is 165 g/mol. The van der Waals surface area contributed by atoms with Crippen molar-refractivity contribution in [2.24, 2.45) is 0 Å². The van der Waals surface area contributed by atoms with Crippen LogP contribution < -0.4 is 5.46 Å². The molecule has 0 aliphatic rings. The molecule has 0 bridgehead atoms. The lowest BCUT2D eigenvalue weighted by atomic mass is 9.94. The molecule has 2 rings (SSSR count). The summed E-state index contributed by atoms with van der Waals surface area (Å²) in [5.41, 5.74) is 3.12. The summed E-state index contributed by atoms with van der Waals surface area (Å²) in [7, 11) is 5.59. The van der Waals surface area contributed by atoms with E-state index in [1.165, 1.54) is 0 Å². The van der Waals surface area contributed by atoms with Gasteiger partial charge in [0.25, 0.3) is 0 Å². The first-order chi connectivity index (χ1) is 6.36. The maximum absolute atomic E-state index is 5.59. The van der Waals surface area contributed by atoms with E-state index < -0.39 is 0 Å². The van der Waals surface area contributed by atoms with Crippen molar-refractivity contribution in [3.05, 3.63) is 48.8 Å². The quantitative estimate of drug-likeness (QED) is 0.584. The van der Waals surface area contributed by atoms with Gasteiger partial charge in [-0.15, -0.1) is 0 Å². The minimum atomic E-state index is 0.790. The maximum Gasteiger partial charge on any atom is 0.113 e. The Balaban J connectivity index is 2.42. The van der Waals surface area contributed by atoms with Gasteiger partial charge >= 0.3 is 0 Å². The maximum atomic E-state index is 5.59. The number of aromatic nitrogens is 1. The Kier molecular flexibility index (Phi) is 2.13. The predicted molar refractivity (Wildman–Crippen MR) is 55.1 cm³/mol. The zero-order valence-corrected chi connectivity index (χ0v) is 7.14. The van der Waals surface area contributed by atoms with E-state index in [1.54, 1.807) is 12.4 Å². The molecule has 1 heterocycles. The molecule has 0 saturated heterocycles. The SMILES string of the molecule is [B]c1ccc(-c2ccncc2)cc1. The van der Waals surface area contributed by atoms with Gasteiger partial charge in [0.15, 0.2) is 0 Å². The van der Waals surface area contributed by atoms with Crippen LogP contribution in [0.4, 0.5) is 0 Å². The molecule has 1 nitrogen and oxygen atoms in total. The third kappa shape index (κ3) is 1.78. The van der Waals surface area contributed by atoms with Crippen LogP contribution in [0.2, 0.25) is 0 Å². The van der Waals surface area contributed by atoms with E-state index in [4.69, 9.17) is 7.85 Å². The van der Waals surface area contributed by atoms with Gasteiger partial charge < -0.3 is 0 Å². The highest BCUT2D eigenvalue weighted by atomic mass is 14.6. The van der Waals surface area contributed by atoms with Crippen LogP contribution in [0, 0.1) is 0 Å². The van der Waals surface area contributed by atoms with Crippen LogP contribution in [0.1, 0.15) is 0 Å². The molecule has 1 aromatic carbocycles. The van der Waals surface area contributed by atoms with E-state index in [1.807, 2.05) is 36.4 Å². The highest BCUT2D eigenvalue weighted by Crippen LogP contribution is 2.15. The molecule has 2 aromatic rings. The van der Waals surface area contributed by atoms with Crippen molar-refractivity contribution in [3.63, 3.8) is 0 Å². The molecular weight excluding hydrogens is 157 g/mol. The van der Waals surface area contributed by atoms with Crippen LogP contribution in [0.25, 0.3) is 11.1 Å². The van der Waals surface area contributed by atoms with Gasteiger partial charge in [0, 0.05) is 12.4 Å². The van der Waals surface area contributed by atoms with E-state index >= 15 is 0 Å². The van der Waals surface area contributed by atoms with Gasteiger partial charge in [0.05, 0.1) is 0 Å². The number of rotatable bonds is 1. The lowest BCUT2D eigenvalue weighted by Gasteiger charge is -2.00. The molecule has 0 aliphatic carbocycles. The van der Waals surface area contributed by atoms with Crippen molar-refractivity contribution < 1.29 is 0 Å².